The Balaban J connectivity index is 1.57. The van der Waals surface area contributed by atoms with Gasteiger partial charge < -0.3 is 10.2 Å². The van der Waals surface area contributed by atoms with Gasteiger partial charge in [0, 0.05) is 30.7 Å². The van der Waals surface area contributed by atoms with E-state index < -0.39 is 5.82 Å². The molecule has 4 nitrogen and oxygen atoms in total. The van der Waals surface area contributed by atoms with Gasteiger partial charge in [-0.05, 0) is 31.0 Å². The van der Waals surface area contributed by atoms with E-state index in [0.29, 0.717) is 5.56 Å². The molecule has 0 saturated carbocycles. The molecule has 0 bridgehead atoms. The van der Waals surface area contributed by atoms with Crippen LogP contribution in [0.4, 0.5) is 9.52 Å². The molecule has 1 amide bonds. The van der Waals surface area contributed by atoms with E-state index in [1.807, 2.05) is 5.38 Å². The lowest BCUT2D eigenvalue weighted by Crippen LogP contribution is -2.44. The van der Waals surface area contributed by atoms with Crippen LogP contribution in [0.5, 0.6) is 0 Å². The molecule has 22 heavy (non-hydrogen) atoms. The van der Waals surface area contributed by atoms with E-state index in [1.54, 1.807) is 17.5 Å². The van der Waals surface area contributed by atoms with Gasteiger partial charge in [-0.1, -0.05) is 11.6 Å². The second kappa shape index (κ2) is 6.62. The molecule has 1 aromatic heterocycles. The van der Waals surface area contributed by atoms with Gasteiger partial charge in [0.05, 0.1) is 10.6 Å². The van der Waals surface area contributed by atoms with E-state index in [0.717, 1.165) is 37.1 Å². The number of piperidine rings is 1. The number of nitrogens with one attached hydrogen (secondary N) is 1. The molecule has 2 aromatic rings. The van der Waals surface area contributed by atoms with E-state index in [1.165, 1.54) is 12.1 Å². The number of halogens is 2. The Bertz CT molecular complexity index is 657. The van der Waals surface area contributed by atoms with Crippen LogP contribution in [-0.4, -0.2) is 30.0 Å². The van der Waals surface area contributed by atoms with Gasteiger partial charge in [0.15, 0.2) is 5.13 Å². The zero-order chi connectivity index (χ0) is 15.5. The average molecular weight is 340 g/mol. The maximum Gasteiger partial charge on any atom is 0.253 e. The van der Waals surface area contributed by atoms with Crippen LogP contribution in [0, 0.1) is 5.82 Å². The molecule has 1 aliphatic heterocycles. The number of nitrogens with zero attached hydrogens (tertiary/aromatic N) is 2. The molecule has 1 saturated heterocycles. The van der Waals surface area contributed by atoms with Crippen LogP contribution in [0.2, 0.25) is 5.02 Å². The second-order valence-electron chi connectivity index (χ2n) is 5.17. The van der Waals surface area contributed by atoms with Gasteiger partial charge in [-0.2, -0.15) is 0 Å². The highest BCUT2D eigenvalue weighted by Gasteiger charge is 2.23. The molecule has 0 unspecified atom stereocenters. The first kappa shape index (κ1) is 15.2. The van der Waals surface area contributed by atoms with Crippen LogP contribution in [-0.2, 0) is 0 Å². The third-order valence-corrected chi connectivity index (χ3v) is 4.84. The summed E-state index contributed by atoms with van der Waals surface area (Å²) < 4.78 is 13.0. The van der Waals surface area contributed by atoms with Gasteiger partial charge >= 0.3 is 0 Å². The molecule has 1 N–H and O–H groups in total. The molecular weight excluding hydrogens is 325 g/mol. The number of carbonyl (C=O) groups excluding carboxylic acids is 1. The lowest BCUT2D eigenvalue weighted by atomic mass is 10.0. The van der Waals surface area contributed by atoms with E-state index in [9.17, 15) is 9.18 Å². The van der Waals surface area contributed by atoms with E-state index in [-0.39, 0.29) is 17.0 Å². The maximum atomic E-state index is 13.0. The molecule has 7 heteroatoms. The normalized spacial score (nSPS) is 15.8. The van der Waals surface area contributed by atoms with Gasteiger partial charge in [0.25, 0.3) is 5.91 Å². The summed E-state index contributed by atoms with van der Waals surface area (Å²) in [7, 11) is 0. The van der Waals surface area contributed by atoms with Crippen LogP contribution in [0.1, 0.15) is 23.2 Å². The molecule has 0 radical (unpaired) electrons. The first-order valence-electron chi connectivity index (χ1n) is 7.04. The number of rotatable bonds is 3. The number of benzene rings is 1. The predicted molar refractivity (Wildman–Crippen MR) is 86.2 cm³/mol. The smallest absolute Gasteiger partial charge is 0.253 e. The van der Waals surface area contributed by atoms with Gasteiger partial charge in [-0.15, -0.1) is 11.3 Å². The first-order chi connectivity index (χ1) is 10.6. The van der Waals surface area contributed by atoms with Crippen LogP contribution >= 0.6 is 22.9 Å². The number of hydrogen-bond acceptors (Lipinski definition) is 4. The highest BCUT2D eigenvalue weighted by Crippen LogP contribution is 2.23. The number of anilines is 1. The largest absolute Gasteiger partial charge is 0.349 e. The topological polar surface area (TPSA) is 45.2 Å². The number of amides is 1. The van der Waals surface area contributed by atoms with Crippen molar-refractivity contribution < 1.29 is 9.18 Å². The molecule has 2 heterocycles. The fraction of sp³-hybridized carbons (Fsp3) is 0.333. The fourth-order valence-corrected chi connectivity index (χ4v) is 3.47. The van der Waals surface area contributed by atoms with E-state index >= 15 is 0 Å². The monoisotopic (exact) mass is 339 g/mol. The van der Waals surface area contributed by atoms with Crippen molar-refractivity contribution in [3.05, 3.63) is 46.2 Å². The van der Waals surface area contributed by atoms with Crippen molar-refractivity contribution in [2.45, 2.75) is 18.9 Å². The molecule has 116 valence electrons. The van der Waals surface area contributed by atoms with Crippen molar-refractivity contribution >= 4 is 34.0 Å². The Labute approximate surface area is 136 Å². The van der Waals surface area contributed by atoms with Crippen molar-refractivity contribution in [1.82, 2.24) is 10.3 Å². The van der Waals surface area contributed by atoms with Gasteiger partial charge in [0.1, 0.15) is 5.82 Å². The molecule has 3 rings (SSSR count). The lowest BCUT2D eigenvalue weighted by Gasteiger charge is -2.32. The summed E-state index contributed by atoms with van der Waals surface area (Å²) in [5, 5.41) is 6.09. The lowest BCUT2D eigenvalue weighted by molar-refractivity contribution is 0.0931. The number of aromatic nitrogens is 1. The Morgan fingerprint density at radius 3 is 2.82 bits per heavy atom. The minimum absolute atomic E-state index is 0.102. The Kier molecular flexibility index (Phi) is 4.59. The van der Waals surface area contributed by atoms with Gasteiger partial charge in [0.2, 0.25) is 0 Å². The predicted octanol–water partition coefficient (Wildman–Crippen LogP) is 3.33. The van der Waals surface area contributed by atoms with Crippen LogP contribution in [0.3, 0.4) is 0 Å². The second-order valence-corrected chi connectivity index (χ2v) is 6.45. The fourth-order valence-electron chi connectivity index (χ4n) is 2.52. The van der Waals surface area contributed by atoms with Crippen LogP contribution in [0.15, 0.2) is 29.8 Å². The standard InChI is InChI=1S/C15H15ClFN3OS/c16-13-9-10(17)1-2-12(13)14(21)19-11-3-6-20(7-4-11)15-18-5-8-22-15/h1-2,5,8-9,11H,3-4,6-7H2,(H,19,21). The minimum atomic E-state index is -0.446. The Morgan fingerprint density at radius 1 is 1.41 bits per heavy atom. The molecule has 1 aliphatic rings. The Morgan fingerprint density at radius 2 is 2.18 bits per heavy atom. The molecule has 0 aliphatic carbocycles. The van der Waals surface area contributed by atoms with Crippen molar-refractivity contribution in [3.63, 3.8) is 0 Å². The summed E-state index contributed by atoms with van der Waals surface area (Å²) in [4.78, 5) is 18.7. The third kappa shape index (κ3) is 3.39. The number of hydrogen-bond donors (Lipinski definition) is 1. The zero-order valence-corrected chi connectivity index (χ0v) is 13.3. The highest BCUT2D eigenvalue weighted by atomic mass is 35.5. The summed E-state index contributed by atoms with van der Waals surface area (Å²) in [5.41, 5.74) is 0.311. The van der Waals surface area contributed by atoms with Crippen LogP contribution < -0.4 is 10.2 Å². The van der Waals surface area contributed by atoms with Gasteiger partial charge in [-0.3, -0.25) is 4.79 Å². The third-order valence-electron chi connectivity index (χ3n) is 3.70. The van der Waals surface area contributed by atoms with Crippen LogP contribution in [0.25, 0.3) is 0 Å². The van der Waals surface area contributed by atoms with E-state index in [2.05, 4.69) is 15.2 Å². The average Bonchev–Trinajstić information content (AvgIpc) is 3.02. The first-order valence-corrected chi connectivity index (χ1v) is 8.29. The molecule has 0 atom stereocenters. The van der Waals surface area contributed by atoms with Crippen molar-refractivity contribution in [1.29, 1.82) is 0 Å². The molecule has 1 aromatic carbocycles. The summed E-state index contributed by atoms with van der Waals surface area (Å²) in [6, 6.07) is 3.91. The quantitative estimate of drug-likeness (QED) is 0.933. The summed E-state index contributed by atoms with van der Waals surface area (Å²) in [5.74, 6) is -0.698. The Hall–Kier alpha value is -1.66. The highest BCUT2D eigenvalue weighted by molar-refractivity contribution is 7.13. The summed E-state index contributed by atoms with van der Waals surface area (Å²) >= 11 is 7.54. The minimum Gasteiger partial charge on any atom is -0.349 e. The zero-order valence-electron chi connectivity index (χ0n) is 11.8. The summed E-state index contributed by atoms with van der Waals surface area (Å²) in [6.07, 6.45) is 3.50. The van der Waals surface area contributed by atoms with Gasteiger partial charge in [-0.25, -0.2) is 9.37 Å². The van der Waals surface area contributed by atoms with E-state index in [4.69, 9.17) is 11.6 Å². The SMILES string of the molecule is O=C(NC1CCN(c2nccs2)CC1)c1ccc(F)cc1Cl. The van der Waals surface area contributed by atoms with Crippen molar-refractivity contribution in [2.75, 3.05) is 18.0 Å². The number of carbonyl (C=O) groups is 1. The van der Waals surface area contributed by atoms with Crippen molar-refractivity contribution in [2.24, 2.45) is 0 Å². The number of thiazole rings is 1. The van der Waals surface area contributed by atoms with Crippen molar-refractivity contribution in [3.8, 4) is 0 Å². The molecule has 0 spiro atoms. The summed E-state index contributed by atoms with van der Waals surface area (Å²) in [6.45, 7) is 1.71. The molecule has 1 fully saturated rings. The maximum absolute atomic E-state index is 13.0. The molecular formula is C15H15ClFN3OS.